The van der Waals surface area contributed by atoms with Crippen LogP contribution >= 0.6 is 15.9 Å². The number of benzene rings is 1. The lowest BCUT2D eigenvalue weighted by Gasteiger charge is -2.17. The van der Waals surface area contributed by atoms with Crippen molar-refractivity contribution >= 4 is 21.9 Å². The maximum atomic E-state index is 11.1. The van der Waals surface area contributed by atoms with Crippen LogP contribution in [0.15, 0.2) is 16.6 Å². The van der Waals surface area contributed by atoms with Gasteiger partial charge in [-0.05, 0) is 47.0 Å². The van der Waals surface area contributed by atoms with Crippen molar-refractivity contribution in [3.63, 3.8) is 0 Å². The molecule has 1 heterocycles. The summed E-state index contributed by atoms with van der Waals surface area (Å²) in [5, 5.41) is 9.14. The van der Waals surface area contributed by atoms with Gasteiger partial charge in [0.2, 0.25) is 0 Å². The molecular weight excluding hydrogens is 298 g/mol. The predicted molar refractivity (Wildman–Crippen MR) is 72.0 cm³/mol. The van der Waals surface area contributed by atoms with Gasteiger partial charge in [-0.15, -0.1) is 0 Å². The number of aliphatic carboxylic acids is 1. The topological polar surface area (TPSA) is 72.6 Å². The minimum absolute atomic E-state index is 0.0881. The summed E-state index contributed by atoms with van der Waals surface area (Å²) in [6, 6.07) is 3.67. The highest BCUT2D eigenvalue weighted by Gasteiger charge is 2.33. The Bertz CT molecular complexity index is 499. The third kappa shape index (κ3) is 2.37. The van der Waals surface area contributed by atoms with Gasteiger partial charge in [0.25, 0.3) is 0 Å². The standard InChI is InChI=1S/C13H16BrNO3/c1-13(2)5-8-3-7(9(6-15)12(16)17)4-10(14)11(8)18-13/h3-4,9H,5-6,15H2,1-2H3,(H,16,17). The Balaban J connectivity index is 2.44. The van der Waals surface area contributed by atoms with E-state index in [9.17, 15) is 4.79 Å². The van der Waals surface area contributed by atoms with E-state index in [1.54, 1.807) is 6.07 Å². The molecule has 1 aliphatic rings. The van der Waals surface area contributed by atoms with Crippen LogP contribution in [-0.2, 0) is 11.2 Å². The van der Waals surface area contributed by atoms with E-state index >= 15 is 0 Å². The van der Waals surface area contributed by atoms with Crippen molar-refractivity contribution < 1.29 is 14.6 Å². The first-order valence-corrected chi connectivity index (χ1v) is 6.57. The zero-order valence-electron chi connectivity index (χ0n) is 10.4. The highest BCUT2D eigenvalue weighted by molar-refractivity contribution is 9.10. The van der Waals surface area contributed by atoms with Gasteiger partial charge in [-0.3, -0.25) is 4.79 Å². The van der Waals surface area contributed by atoms with Gasteiger partial charge in [-0.2, -0.15) is 0 Å². The van der Waals surface area contributed by atoms with Crippen molar-refractivity contribution in [3.8, 4) is 5.75 Å². The van der Waals surface area contributed by atoms with E-state index in [2.05, 4.69) is 15.9 Å². The minimum Gasteiger partial charge on any atom is -0.486 e. The molecule has 98 valence electrons. The number of hydrogen-bond donors (Lipinski definition) is 2. The quantitative estimate of drug-likeness (QED) is 0.898. The van der Waals surface area contributed by atoms with E-state index in [4.69, 9.17) is 15.6 Å². The summed E-state index contributed by atoms with van der Waals surface area (Å²) in [5.41, 5.74) is 7.03. The summed E-state index contributed by atoms with van der Waals surface area (Å²) in [7, 11) is 0. The second-order valence-electron chi connectivity index (χ2n) is 5.16. The van der Waals surface area contributed by atoms with E-state index in [1.165, 1.54) is 0 Å². The predicted octanol–water partition coefficient (Wildman–Crippen LogP) is 2.29. The van der Waals surface area contributed by atoms with Crippen LogP contribution in [0.5, 0.6) is 5.75 Å². The van der Waals surface area contributed by atoms with Crippen molar-refractivity contribution in [1.29, 1.82) is 0 Å². The number of ether oxygens (including phenoxy) is 1. The Labute approximate surface area is 114 Å². The van der Waals surface area contributed by atoms with Crippen LogP contribution in [0.4, 0.5) is 0 Å². The summed E-state index contributed by atoms with van der Waals surface area (Å²) in [5.74, 6) is -0.761. The smallest absolute Gasteiger partial charge is 0.312 e. The molecule has 1 aliphatic heterocycles. The Morgan fingerprint density at radius 3 is 2.83 bits per heavy atom. The molecule has 0 aliphatic carbocycles. The summed E-state index contributed by atoms with van der Waals surface area (Å²) >= 11 is 3.44. The molecule has 1 aromatic rings. The molecule has 18 heavy (non-hydrogen) atoms. The van der Waals surface area contributed by atoms with Crippen LogP contribution in [-0.4, -0.2) is 23.2 Å². The van der Waals surface area contributed by atoms with Gasteiger partial charge in [-0.25, -0.2) is 0 Å². The minimum atomic E-state index is -0.900. The molecule has 0 bridgehead atoms. The third-order valence-corrected chi connectivity index (χ3v) is 3.66. The molecule has 3 N–H and O–H groups in total. The Kier molecular flexibility index (Phi) is 3.38. The van der Waals surface area contributed by atoms with E-state index in [0.29, 0.717) is 0 Å². The highest BCUT2D eigenvalue weighted by Crippen LogP contribution is 2.42. The van der Waals surface area contributed by atoms with Gasteiger partial charge in [0, 0.05) is 13.0 Å². The second kappa shape index (κ2) is 4.55. The van der Waals surface area contributed by atoms with Crippen molar-refractivity contribution in [2.24, 2.45) is 5.73 Å². The molecule has 1 aromatic carbocycles. The molecule has 5 heteroatoms. The van der Waals surface area contributed by atoms with Crippen LogP contribution in [0.1, 0.15) is 30.9 Å². The summed E-state index contributed by atoms with van der Waals surface area (Å²) < 4.78 is 6.62. The van der Waals surface area contributed by atoms with Gasteiger partial charge >= 0.3 is 5.97 Å². The first-order chi connectivity index (χ1) is 8.34. The fraction of sp³-hybridized carbons (Fsp3) is 0.462. The molecule has 0 amide bonds. The zero-order valence-corrected chi connectivity index (χ0v) is 12.0. The Morgan fingerprint density at radius 2 is 2.28 bits per heavy atom. The van der Waals surface area contributed by atoms with Crippen LogP contribution in [0.25, 0.3) is 0 Å². The Morgan fingerprint density at radius 1 is 1.61 bits per heavy atom. The van der Waals surface area contributed by atoms with E-state index in [1.807, 2.05) is 19.9 Å². The average molecular weight is 314 g/mol. The molecule has 0 radical (unpaired) electrons. The fourth-order valence-corrected chi connectivity index (χ4v) is 2.87. The van der Waals surface area contributed by atoms with Crippen LogP contribution in [0, 0.1) is 0 Å². The first kappa shape index (κ1) is 13.4. The fourth-order valence-electron chi connectivity index (χ4n) is 2.27. The van der Waals surface area contributed by atoms with Gasteiger partial charge in [0.1, 0.15) is 11.4 Å². The molecule has 4 nitrogen and oxygen atoms in total. The number of nitrogens with two attached hydrogens (primary N) is 1. The molecule has 0 saturated carbocycles. The molecule has 1 atom stereocenters. The monoisotopic (exact) mass is 313 g/mol. The molecule has 0 aromatic heterocycles. The SMILES string of the molecule is CC1(C)Cc2cc(C(CN)C(=O)O)cc(Br)c2O1. The molecule has 0 spiro atoms. The maximum Gasteiger partial charge on any atom is 0.312 e. The zero-order chi connectivity index (χ0) is 13.5. The number of hydrogen-bond acceptors (Lipinski definition) is 3. The van der Waals surface area contributed by atoms with E-state index < -0.39 is 11.9 Å². The lowest BCUT2D eigenvalue weighted by atomic mass is 9.94. The number of carboxylic acids is 1. The van der Waals surface area contributed by atoms with Crippen molar-refractivity contribution in [1.82, 2.24) is 0 Å². The number of fused-ring (bicyclic) bond motifs is 1. The number of rotatable bonds is 3. The highest BCUT2D eigenvalue weighted by atomic mass is 79.9. The molecule has 1 unspecified atom stereocenters. The lowest BCUT2D eigenvalue weighted by molar-refractivity contribution is -0.138. The number of carboxylic acid groups (broad SMARTS) is 1. The summed E-state index contributed by atoms with van der Waals surface area (Å²) in [6.45, 7) is 4.11. The molecule has 0 fully saturated rings. The van der Waals surface area contributed by atoms with Crippen LogP contribution < -0.4 is 10.5 Å². The van der Waals surface area contributed by atoms with Gasteiger partial charge in [-0.1, -0.05) is 6.07 Å². The molecule has 2 rings (SSSR count). The third-order valence-electron chi connectivity index (χ3n) is 3.07. The van der Waals surface area contributed by atoms with Gasteiger partial charge in [0.05, 0.1) is 10.4 Å². The van der Waals surface area contributed by atoms with Crippen LogP contribution in [0.3, 0.4) is 0 Å². The Hall–Kier alpha value is -1.07. The molecule has 0 saturated heterocycles. The van der Waals surface area contributed by atoms with Gasteiger partial charge in [0.15, 0.2) is 0 Å². The van der Waals surface area contributed by atoms with E-state index in [-0.39, 0.29) is 12.1 Å². The number of halogens is 1. The van der Waals surface area contributed by atoms with Gasteiger partial charge < -0.3 is 15.6 Å². The first-order valence-electron chi connectivity index (χ1n) is 5.78. The summed E-state index contributed by atoms with van der Waals surface area (Å²) in [6.07, 6.45) is 0.770. The van der Waals surface area contributed by atoms with Crippen molar-refractivity contribution in [2.45, 2.75) is 31.8 Å². The van der Waals surface area contributed by atoms with Crippen molar-refractivity contribution in [3.05, 3.63) is 27.7 Å². The second-order valence-corrected chi connectivity index (χ2v) is 6.01. The summed E-state index contributed by atoms with van der Waals surface area (Å²) in [4.78, 5) is 11.1. The average Bonchev–Trinajstić information content (AvgIpc) is 2.53. The molecular formula is C13H16BrNO3. The maximum absolute atomic E-state index is 11.1. The number of carbonyl (C=O) groups is 1. The van der Waals surface area contributed by atoms with E-state index in [0.717, 1.165) is 27.8 Å². The largest absolute Gasteiger partial charge is 0.486 e. The van der Waals surface area contributed by atoms with Crippen molar-refractivity contribution in [2.75, 3.05) is 6.54 Å². The lowest BCUT2D eigenvalue weighted by Crippen LogP contribution is -2.24. The van der Waals surface area contributed by atoms with Crippen LogP contribution in [0.2, 0.25) is 0 Å². The normalized spacial score (nSPS) is 18.0.